The Morgan fingerprint density at radius 3 is 2.41 bits per heavy atom. The highest BCUT2D eigenvalue weighted by molar-refractivity contribution is 6.06. The number of carbonyl (C=O) groups excluding carboxylic acids is 1. The molecule has 5 rings (SSSR count). The molecule has 2 atom stereocenters. The molecular weight excluding hydrogens is 364 g/mol. The van der Waals surface area contributed by atoms with Crippen molar-refractivity contribution in [2.45, 2.75) is 24.7 Å². The van der Waals surface area contributed by atoms with Crippen molar-refractivity contribution in [3.63, 3.8) is 0 Å². The Morgan fingerprint density at radius 1 is 0.966 bits per heavy atom. The average molecular weight is 386 g/mol. The number of aromatic nitrogens is 1. The SMILES string of the molecule is O=C(O)C1CN(C(=O)c2cc(C3CC3)nc3ccccc23)CC1c1ccccc1. The Balaban J connectivity index is 1.52. The van der Waals surface area contributed by atoms with Crippen molar-refractivity contribution in [3.05, 3.63) is 77.5 Å². The van der Waals surface area contributed by atoms with E-state index >= 15 is 0 Å². The summed E-state index contributed by atoms with van der Waals surface area (Å²) in [7, 11) is 0. The van der Waals surface area contributed by atoms with Gasteiger partial charge in [0, 0.05) is 36.0 Å². The minimum atomic E-state index is -0.854. The second-order valence-corrected chi connectivity index (χ2v) is 8.06. The van der Waals surface area contributed by atoms with Gasteiger partial charge < -0.3 is 10.0 Å². The number of nitrogens with zero attached hydrogens (tertiary/aromatic N) is 2. The third-order valence-electron chi connectivity index (χ3n) is 6.11. The molecule has 146 valence electrons. The number of aliphatic carboxylic acids is 1. The van der Waals surface area contributed by atoms with Crippen molar-refractivity contribution >= 4 is 22.8 Å². The quantitative estimate of drug-likeness (QED) is 0.734. The van der Waals surface area contributed by atoms with Crippen LogP contribution in [-0.4, -0.2) is 40.0 Å². The lowest BCUT2D eigenvalue weighted by Gasteiger charge is -2.18. The minimum absolute atomic E-state index is 0.102. The average Bonchev–Trinajstić information content (AvgIpc) is 3.50. The summed E-state index contributed by atoms with van der Waals surface area (Å²) in [6.07, 6.45) is 2.22. The summed E-state index contributed by atoms with van der Waals surface area (Å²) in [6.45, 7) is 0.637. The number of benzene rings is 2. The number of amides is 1. The highest BCUT2D eigenvalue weighted by Crippen LogP contribution is 2.41. The van der Waals surface area contributed by atoms with Crippen LogP contribution in [0.25, 0.3) is 10.9 Å². The van der Waals surface area contributed by atoms with E-state index < -0.39 is 11.9 Å². The fourth-order valence-corrected chi connectivity index (χ4v) is 4.39. The Kier molecular flexibility index (Phi) is 4.31. The molecule has 2 fully saturated rings. The van der Waals surface area contributed by atoms with Gasteiger partial charge in [-0.15, -0.1) is 0 Å². The van der Waals surface area contributed by atoms with E-state index in [-0.39, 0.29) is 18.4 Å². The maximum absolute atomic E-state index is 13.5. The summed E-state index contributed by atoms with van der Waals surface area (Å²) in [5.74, 6) is -1.32. The van der Waals surface area contributed by atoms with E-state index in [4.69, 9.17) is 4.98 Å². The molecule has 1 saturated carbocycles. The van der Waals surface area contributed by atoms with Gasteiger partial charge in [0.2, 0.25) is 0 Å². The van der Waals surface area contributed by atoms with Crippen LogP contribution in [0.4, 0.5) is 0 Å². The maximum atomic E-state index is 13.5. The predicted octanol–water partition coefficient (Wildman–Crippen LogP) is 4.05. The molecule has 2 heterocycles. The summed E-state index contributed by atoms with van der Waals surface area (Å²) in [5, 5.41) is 10.6. The van der Waals surface area contributed by atoms with E-state index in [2.05, 4.69) is 0 Å². The highest BCUT2D eigenvalue weighted by Gasteiger charge is 2.41. The topological polar surface area (TPSA) is 70.5 Å². The van der Waals surface area contributed by atoms with Crippen LogP contribution in [0.3, 0.4) is 0 Å². The zero-order valence-corrected chi connectivity index (χ0v) is 16.0. The van der Waals surface area contributed by atoms with E-state index in [9.17, 15) is 14.7 Å². The van der Waals surface area contributed by atoms with Crippen molar-refractivity contribution in [3.8, 4) is 0 Å². The second-order valence-electron chi connectivity index (χ2n) is 8.06. The van der Waals surface area contributed by atoms with Crippen LogP contribution in [-0.2, 0) is 4.79 Å². The Morgan fingerprint density at radius 2 is 1.69 bits per heavy atom. The third-order valence-corrected chi connectivity index (χ3v) is 6.11. The molecule has 1 N–H and O–H groups in total. The van der Waals surface area contributed by atoms with Crippen LogP contribution >= 0.6 is 0 Å². The van der Waals surface area contributed by atoms with E-state index in [1.165, 1.54) is 0 Å². The normalized spacial score (nSPS) is 21.4. The van der Waals surface area contributed by atoms with Gasteiger partial charge in [0.1, 0.15) is 0 Å². The molecule has 1 aliphatic heterocycles. The lowest BCUT2D eigenvalue weighted by atomic mass is 9.89. The van der Waals surface area contributed by atoms with Crippen molar-refractivity contribution in [1.29, 1.82) is 0 Å². The van der Waals surface area contributed by atoms with Gasteiger partial charge in [-0.3, -0.25) is 14.6 Å². The van der Waals surface area contributed by atoms with Crippen LogP contribution in [0, 0.1) is 5.92 Å². The summed E-state index contributed by atoms with van der Waals surface area (Å²) in [6, 6.07) is 19.3. The summed E-state index contributed by atoms with van der Waals surface area (Å²) in [4.78, 5) is 31.9. The van der Waals surface area contributed by atoms with Crippen LogP contribution in [0.5, 0.6) is 0 Å². The number of pyridine rings is 1. The summed E-state index contributed by atoms with van der Waals surface area (Å²) < 4.78 is 0. The van der Waals surface area contributed by atoms with E-state index in [0.29, 0.717) is 18.0 Å². The summed E-state index contributed by atoms with van der Waals surface area (Å²) in [5.41, 5.74) is 3.40. The molecule has 1 saturated heterocycles. The standard InChI is InChI=1S/C24H22N2O3/c27-23(18-12-22(16-10-11-16)25-21-9-5-4-8-17(18)21)26-13-19(20(14-26)24(28)29)15-6-2-1-3-7-15/h1-9,12,16,19-20H,10-11,13-14H2,(H,28,29). The lowest BCUT2D eigenvalue weighted by Crippen LogP contribution is -2.30. The molecule has 1 amide bonds. The molecule has 0 bridgehead atoms. The molecule has 5 heteroatoms. The van der Waals surface area contributed by atoms with E-state index in [0.717, 1.165) is 35.0 Å². The predicted molar refractivity (Wildman–Crippen MR) is 110 cm³/mol. The number of carboxylic acid groups (broad SMARTS) is 1. The molecule has 5 nitrogen and oxygen atoms in total. The molecule has 3 aromatic rings. The smallest absolute Gasteiger partial charge is 0.308 e. The van der Waals surface area contributed by atoms with Gasteiger partial charge in [-0.25, -0.2) is 0 Å². The van der Waals surface area contributed by atoms with E-state index in [1.807, 2.05) is 60.7 Å². The van der Waals surface area contributed by atoms with Gasteiger partial charge in [0.25, 0.3) is 5.91 Å². The van der Waals surface area contributed by atoms with Crippen molar-refractivity contribution in [2.75, 3.05) is 13.1 Å². The van der Waals surface area contributed by atoms with Crippen LogP contribution in [0.1, 0.15) is 46.3 Å². The highest BCUT2D eigenvalue weighted by atomic mass is 16.4. The molecule has 0 spiro atoms. The van der Waals surface area contributed by atoms with Gasteiger partial charge in [-0.2, -0.15) is 0 Å². The first kappa shape index (κ1) is 17.9. The number of rotatable bonds is 4. The number of hydrogen-bond acceptors (Lipinski definition) is 3. The first-order chi connectivity index (χ1) is 14.1. The molecule has 0 radical (unpaired) electrons. The van der Waals surface area contributed by atoms with Gasteiger partial charge in [-0.05, 0) is 30.5 Å². The number of para-hydroxylation sites is 1. The first-order valence-corrected chi connectivity index (χ1v) is 10.1. The summed E-state index contributed by atoms with van der Waals surface area (Å²) >= 11 is 0. The number of hydrogen-bond donors (Lipinski definition) is 1. The Labute approximate surface area is 169 Å². The monoisotopic (exact) mass is 386 g/mol. The van der Waals surface area contributed by atoms with Crippen LogP contribution in [0.15, 0.2) is 60.7 Å². The zero-order chi connectivity index (χ0) is 20.0. The third kappa shape index (κ3) is 3.27. The van der Waals surface area contributed by atoms with Gasteiger partial charge >= 0.3 is 5.97 Å². The fraction of sp³-hybridized carbons (Fsp3) is 0.292. The molecule has 2 unspecified atom stereocenters. The number of likely N-dealkylation sites (tertiary alicyclic amines) is 1. The molecule has 2 aliphatic rings. The van der Waals surface area contributed by atoms with Gasteiger partial charge in [0.15, 0.2) is 0 Å². The first-order valence-electron chi connectivity index (χ1n) is 10.1. The lowest BCUT2D eigenvalue weighted by molar-refractivity contribution is -0.141. The second kappa shape index (κ2) is 6.99. The van der Waals surface area contributed by atoms with Crippen molar-refractivity contribution in [1.82, 2.24) is 9.88 Å². The van der Waals surface area contributed by atoms with Crippen LogP contribution in [0.2, 0.25) is 0 Å². The van der Waals surface area contributed by atoms with Gasteiger partial charge in [-0.1, -0.05) is 48.5 Å². The Hall–Kier alpha value is -3.21. The fourth-order valence-electron chi connectivity index (χ4n) is 4.39. The number of carboxylic acids is 1. The number of carbonyl (C=O) groups is 2. The van der Waals surface area contributed by atoms with Crippen molar-refractivity contribution in [2.24, 2.45) is 5.92 Å². The van der Waals surface area contributed by atoms with Crippen molar-refractivity contribution < 1.29 is 14.7 Å². The molecule has 2 aromatic carbocycles. The zero-order valence-electron chi connectivity index (χ0n) is 16.0. The molecule has 1 aliphatic carbocycles. The molecule has 1 aromatic heterocycles. The van der Waals surface area contributed by atoms with Gasteiger partial charge in [0.05, 0.1) is 17.0 Å². The number of fused-ring (bicyclic) bond motifs is 1. The molecule has 29 heavy (non-hydrogen) atoms. The van der Waals surface area contributed by atoms with E-state index in [1.54, 1.807) is 4.90 Å². The largest absolute Gasteiger partial charge is 0.481 e. The molecular formula is C24H22N2O3. The minimum Gasteiger partial charge on any atom is -0.481 e. The maximum Gasteiger partial charge on any atom is 0.308 e. The Bertz CT molecular complexity index is 1090. The van der Waals surface area contributed by atoms with Crippen LogP contribution < -0.4 is 0 Å².